The van der Waals surface area contributed by atoms with Crippen molar-refractivity contribution in [3.63, 3.8) is 0 Å². The van der Waals surface area contributed by atoms with Crippen LogP contribution in [0.4, 0.5) is 0 Å². The van der Waals surface area contributed by atoms with E-state index >= 15 is 0 Å². The Bertz CT molecular complexity index is 389. The van der Waals surface area contributed by atoms with Crippen molar-refractivity contribution >= 4 is 0 Å². The Hall–Kier alpha value is -1.06. The van der Waals surface area contributed by atoms with Crippen molar-refractivity contribution in [2.75, 3.05) is 20.2 Å². The van der Waals surface area contributed by atoms with Crippen molar-refractivity contribution in [1.82, 2.24) is 4.90 Å². The normalized spacial score (nSPS) is 31.6. The summed E-state index contributed by atoms with van der Waals surface area (Å²) in [5, 5.41) is 0. The zero-order valence-corrected chi connectivity index (χ0v) is 11.1. The molecule has 2 saturated heterocycles. The van der Waals surface area contributed by atoms with Crippen LogP contribution in [0.2, 0.25) is 0 Å². The molecule has 0 bridgehead atoms. The molecule has 3 rings (SSSR count). The summed E-state index contributed by atoms with van der Waals surface area (Å²) in [7, 11) is 1.70. The molecule has 2 fully saturated rings. The number of hydrogen-bond acceptors (Lipinski definition) is 3. The van der Waals surface area contributed by atoms with Crippen molar-refractivity contribution in [2.45, 2.75) is 32.1 Å². The molecule has 3 nitrogen and oxygen atoms in total. The standard InChI is InChI=1S/C15H21NO2/c1-11-7-13-9-16(10-15(13)18-11)8-12-3-5-14(17-2)6-4-12/h3-6,11,13,15H,7-10H2,1-2H3/t11-,13+,15-/m1/s1. The van der Waals surface area contributed by atoms with E-state index in [0.717, 1.165) is 24.8 Å². The van der Waals surface area contributed by atoms with E-state index in [9.17, 15) is 0 Å². The van der Waals surface area contributed by atoms with Gasteiger partial charge in [0.15, 0.2) is 0 Å². The number of likely N-dealkylation sites (tertiary alicyclic amines) is 1. The second-order valence-electron chi connectivity index (χ2n) is 5.52. The summed E-state index contributed by atoms with van der Waals surface area (Å²) in [4.78, 5) is 2.50. The fraction of sp³-hybridized carbons (Fsp3) is 0.600. The fourth-order valence-electron chi connectivity index (χ4n) is 3.21. The predicted molar refractivity (Wildman–Crippen MR) is 70.7 cm³/mol. The van der Waals surface area contributed by atoms with Crippen LogP contribution in [0.3, 0.4) is 0 Å². The minimum Gasteiger partial charge on any atom is -0.497 e. The largest absolute Gasteiger partial charge is 0.497 e. The second kappa shape index (κ2) is 4.90. The Kier molecular flexibility index (Phi) is 3.27. The number of benzene rings is 1. The Morgan fingerprint density at radius 3 is 2.72 bits per heavy atom. The molecular formula is C15H21NO2. The number of ether oxygens (including phenoxy) is 2. The molecular weight excluding hydrogens is 226 g/mol. The summed E-state index contributed by atoms with van der Waals surface area (Å²) >= 11 is 0. The zero-order chi connectivity index (χ0) is 12.5. The van der Waals surface area contributed by atoms with Crippen LogP contribution in [0, 0.1) is 5.92 Å². The van der Waals surface area contributed by atoms with Crippen LogP contribution in [-0.2, 0) is 11.3 Å². The summed E-state index contributed by atoms with van der Waals surface area (Å²) in [6.07, 6.45) is 2.16. The number of rotatable bonds is 3. The van der Waals surface area contributed by atoms with E-state index in [0.29, 0.717) is 12.2 Å². The molecule has 2 heterocycles. The summed E-state index contributed by atoms with van der Waals surface area (Å²) in [6, 6.07) is 8.36. The van der Waals surface area contributed by atoms with E-state index in [4.69, 9.17) is 9.47 Å². The highest BCUT2D eigenvalue weighted by Crippen LogP contribution is 2.33. The number of methoxy groups -OCH3 is 1. The van der Waals surface area contributed by atoms with Crippen molar-refractivity contribution in [2.24, 2.45) is 5.92 Å². The van der Waals surface area contributed by atoms with E-state index < -0.39 is 0 Å². The third-order valence-corrected chi connectivity index (χ3v) is 4.06. The lowest BCUT2D eigenvalue weighted by Crippen LogP contribution is -2.24. The molecule has 0 aliphatic carbocycles. The van der Waals surface area contributed by atoms with E-state index in [1.165, 1.54) is 18.5 Å². The number of hydrogen-bond donors (Lipinski definition) is 0. The van der Waals surface area contributed by atoms with Crippen LogP contribution in [0.25, 0.3) is 0 Å². The molecule has 3 heteroatoms. The Morgan fingerprint density at radius 1 is 1.28 bits per heavy atom. The molecule has 0 unspecified atom stereocenters. The minimum absolute atomic E-state index is 0.461. The van der Waals surface area contributed by atoms with Crippen molar-refractivity contribution in [3.05, 3.63) is 29.8 Å². The lowest BCUT2D eigenvalue weighted by atomic mass is 10.0. The molecule has 2 aliphatic rings. The molecule has 98 valence electrons. The fourth-order valence-corrected chi connectivity index (χ4v) is 3.21. The maximum Gasteiger partial charge on any atom is 0.118 e. The van der Waals surface area contributed by atoms with Gasteiger partial charge < -0.3 is 9.47 Å². The highest BCUT2D eigenvalue weighted by atomic mass is 16.5. The summed E-state index contributed by atoms with van der Waals surface area (Å²) in [6.45, 7) is 5.48. The number of nitrogens with zero attached hydrogens (tertiary/aromatic N) is 1. The van der Waals surface area contributed by atoms with Gasteiger partial charge in [0.05, 0.1) is 19.3 Å². The molecule has 0 aromatic heterocycles. The van der Waals surface area contributed by atoms with Gasteiger partial charge >= 0.3 is 0 Å². The van der Waals surface area contributed by atoms with E-state index in [1.54, 1.807) is 7.11 Å². The van der Waals surface area contributed by atoms with Crippen LogP contribution < -0.4 is 4.74 Å². The maximum absolute atomic E-state index is 5.93. The van der Waals surface area contributed by atoms with Crippen molar-refractivity contribution < 1.29 is 9.47 Å². The summed E-state index contributed by atoms with van der Waals surface area (Å²) in [5.41, 5.74) is 1.35. The van der Waals surface area contributed by atoms with E-state index in [2.05, 4.69) is 24.0 Å². The van der Waals surface area contributed by atoms with Crippen molar-refractivity contribution in [3.8, 4) is 5.75 Å². The molecule has 18 heavy (non-hydrogen) atoms. The molecule has 0 amide bonds. The smallest absolute Gasteiger partial charge is 0.118 e. The van der Waals surface area contributed by atoms with Crippen molar-refractivity contribution in [1.29, 1.82) is 0 Å². The van der Waals surface area contributed by atoms with Gasteiger partial charge in [0.2, 0.25) is 0 Å². The second-order valence-corrected chi connectivity index (χ2v) is 5.52. The van der Waals surface area contributed by atoms with Gasteiger partial charge in [-0.1, -0.05) is 12.1 Å². The lowest BCUT2D eigenvalue weighted by molar-refractivity contribution is 0.0478. The first-order valence-corrected chi connectivity index (χ1v) is 6.75. The third kappa shape index (κ3) is 2.38. The van der Waals surface area contributed by atoms with Gasteiger partial charge in [-0.05, 0) is 31.0 Å². The molecule has 0 spiro atoms. The average Bonchev–Trinajstić information content (AvgIpc) is 2.86. The maximum atomic E-state index is 5.93. The highest BCUT2D eigenvalue weighted by Gasteiger charge is 2.40. The average molecular weight is 247 g/mol. The van der Waals surface area contributed by atoms with Crippen LogP contribution in [0.1, 0.15) is 18.9 Å². The quantitative estimate of drug-likeness (QED) is 0.818. The van der Waals surface area contributed by atoms with Gasteiger partial charge in [-0.15, -0.1) is 0 Å². The third-order valence-electron chi connectivity index (χ3n) is 4.06. The monoisotopic (exact) mass is 247 g/mol. The molecule has 0 saturated carbocycles. The van der Waals surface area contributed by atoms with Crippen LogP contribution >= 0.6 is 0 Å². The van der Waals surface area contributed by atoms with Crippen LogP contribution in [0.15, 0.2) is 24.3 Å². The first kappa shape index (κ1) is 12.0. The molecule has 3 atom stereocenters. The van der Waals surface area contributed by atoms with Crippen LogP contribution in [0.5, 0.6) is 5.75 Å². The summed E-state index contributed by atoms with van der Waals surface area (Å²) < 4.78 is 11.1. The summed E-state index contributed by atoms with van der Waals surface area (Å²) in [5.74, 6) is 1.67. The molecule has 1 aromatic rings. The highest BCUT2D eigenvalue weighted by molar-refractivity contribution is 5.27. The minimum atomic E-state index is 0.461. The molecule has 1 aromatic carbocycles. The van der Waals surface area contributed by atoms with E-state index in [-0.39, 0.29) is 0 Å². The van der Waals surface area contributed by atoms with Gasteiger partial charge in [-0.25, -0.2) is 0 Å². The predicted octanol–water partition coefficient (Wildman–Crippen LogP) is 2.30. The van der Waals surface area contributed by atoms with Crippen LogP contribution in [-0.4, -0.2) is 37.3 Å². The topological polar surface area (TPSA) is 21.7 Å². The Morgan fingerprint density at radius 2 is 2.06 bits per heavy atom. The first-order valence-electron chi connectivity index (χ1n) is 6.75. The van der Waals surface area contributed by atoms with Gasteiger partial charge in [0, 0.05) is 25.6 Å². The van der Waals surface area contributed by atoms with Gasteiger partial charge in [-0.2, -0.15) is 0 Å². The first-order chi connectivity index (χ1) is 8.74. The van der Waals surface area contributed by atoms with Gasteiger partial charge in [0.1, 0.15) is 5.75 Å². The SMILES string of the molecule is COc1ccc(CN2C[C@@H]3C[C@@H](C)O[C@@H]3C2)cc1. The molecule has 2 aliphatic heterocycles. The molecule has 0 radical (unpaired) electrons. The van der Waals surface area contributed by atoms with Gasteiger partial charge in [-0.3, -0.25) is 4.90 Å². The Balaban J connectivity index is 1.58. The zero-order valence-electron chi connectivity index (χ0n) is 11.1. The lowest BCUT2D eigenvalue weighted by Gasteiger charge is -2.18. The van der Waals surface area contributed by atoms with Gasteiger partial charge in [0.25, 0.3) is 0 Å². The molecule has 0 N–H and O–H groups in total. The van der Waals surface area contributed by atoms with E-state index in [1.807, 2.05) is 12.1 Å². The number of fused-ring (bicyclic) bond motifs is 1. The Labute approximate surface area is 109 Å².